The van der Waals surface area contributed by atoms with E-state index in [1.54, 1.807) is 11.3 Å². The molecule has 0 aliphatic carbocycles. The zero-order chi connectivity index (χ0) is 9.71. The zero-order valence-electron chi connectivity index (χ0n) is 7.59. The van der Waals surface area contributed by atoms with Gasteiger partial charge in [-0.2, -0.15) is 5.10 Å². The van der Waals surface area contributed by atoms with Crippen LogP contribution in [0, 0.1) is 13.8 Å². The van der Waals surface area contributed by atoms with E-state index in [4.69, 9.17) is 0 Å². The summed E-state index contributed by atoms with van der Waals surface area (Å²) >= 11 is 1.61. The van der Waals surface area contributed by atoms with E-state index in [1.165, 1.54) is 4.63 Å². The molecule has 0 saturated heterocycles. The van der Waals surface area contributed by atoms with Crippen LogP contribution in [0.25, 0.3) is 15.9 Å². The zero-order valence-corrected chi connectivity index (χ0v) is 8.41. The van der Waals surface area contributed by atoms with E-state index in [1.807, 2.05) is 13.8 Å². The molecule has 0 atom stereocenters. The molecule has 0 saturated carbocycles. The van der Waals surface area contributed by atoms with Gasteiger partial charge in [-0.25, -0.2) is 4.98 Å². The highest BCUT2D eigenvalue weighted by atomic mass is 32.1. The Hall–Kier alpha value is -1.63. The van der Waals surface area contributed by atoms with Gasteiger partial charge in [0.2, 0.25) is 5.65 Å². The smallest absolute Gasteiger partial charge is 0.226 e. The molecule has 0 unspecified atom stereocenters. The third kappa shape index (κ3) is 0.869. The van der Waals surface area contributed by atoms with E-state index in [2.05, 4.69) is 25.6 Å². The minimum atomic E-state index is 0.620. The molecule has 3 heterocycles. The second-order valence-corrected chi connectivity index (χ2v) is 4.19. The van der Waals surface area contributed by atoms with Crippen LogP contribution in [0.4, 0.5) is 0 Å². The fourth-order valence-corrected chi connectivity index (χ4v) is 2.26. The van der Waals surface area contributed by atoms with E-state index in [0.717, 1.165) is 20.9 Å². The van der Waals surface area contributed by atoms with Crippen molar-refractivity contribution in [2.24, 2.45) is 0 Å². The highest BCUT2D eigenvalue weighted by Gasteiger charge is 2.12. The third-order valence-corrected chi connectivity index (χ3v) is 3.05. The van der Waals surface area contributed by atoms with Gasteiger partial charge in [0.15, 0.2) is 0 Å². The summed E-state index contributed by atoms with van der Waals surface area (Å²) in [6, 6.07) is 0. The van der Waals surface area contributed by atoms with Gasteiger partial charge in [-0.15, -0.1) is 21.1 Å². The lowest BCUT2D eigenvalue weighted by Gasteiger charge is -1.93. The second-order valence-electron chi connectivity index (χ2n) is 2.99. The molecule has 0 fully saturated rings. The molecule has 0 bridgehead atoms. The van der Waals surface area contributed by atoms with Crippen LogP contribution in [0.5, 0.6) is 0 Å². The number of hydrogen-bond donors (Lipinski definition) is 0. The lowest BCUT2D eigenvalue weighted by atomic mass is 10.4. The number of thiazole rings is 1. The van der Waals surface area contributed by atoms with Crippen LogP contribution in [0.15, 0.2) is 0 Å². The summed E-state index contributed by atoms with van der Waals surface area (Å²) in [7, 11) is 0. The predicted molar refractivity (Wildman–Crippen MR) is 51.2 cm³/mol. The molecule has 3 aromatic heterocycles. The quantitative estimate of drug-likeness (QED) is 0.542. The summed E-state index contributed by atoms with van der Waals surface area (Å²) in [5, 5.41) is 16.4. The molecule has 0 aliphatic heterocycles. The molecule has 3 aromatic rings. The molecule has 70 valence electrons. The third-order valence-electron chi connectivity index (χ3n) is 1.97. The summed E-state index contributed by atoms with van der Waals surface area (Å²) in [5.74, 6) is 0. The minimum Gasteiger partial charge on any atom is -0.237 e. The fraction of sp³-hybridized carbons (Fsp3) is 0.286. The van der Waals surface area contributed by atoms with E-state index in [9.17, 15) is 0 Å². The highest BCUT2D eigenvalue weighted by Crippen LogP contribution is 2.25. The van der Waals surface area contributed by atoms with E-state index in [-0.39, 0.29) is 0 Å². The SMILES string of the molecule is Cc1nc2c(s1)c(C)nn1nnnc21. The fourth-order valence-electron chi connectivity index (χ4n) is 1.40. The van der Waals surface area contributed by atoms with Gasteiger partial charge in [0.05, 0.1) is 15.4 Å². The first kappa shape index (κ1) is 7.74. The summed E-state index contributed by atoms with van der Waals surface area (Å²) in [5.41, 5.74) is 2.37. The number of hydrogen-bond acceptors (Lipinski definition) is 6. The Kier molecular flexibility index (Phi) is 1.35. The van der Waals surface area contributed by atoms with Gasteiger partial charge in [-0.1, -0.05) is 0 Å². The van der Waals surface area contributed by atoms with E-state index < -0.39 is 0 Å². The largest absolute Gasteiger partial charge is 0.237 e. The normalized spacial score (nSPS) is 11.6. The van der Waals surface area contributed by atoms with Crippen LogP contribution < -0.4 is 0 Å². The molecule has 14 heavy (non-hydrogen) atoms. The van der Waals surface area contributed by atoms with Gasteiger partial charge < -0.3 is 0 Å². The molecule has 0 N–H and O–H groups in total. The number of aromatic nitrogens is 6. The van der Waals surface area contributed by atoms with Crippen molar-refractivity contribution < 1.29 is 0 Å². The Bertz CT molecular complexity index is 623. The molecule has 0 radical (unpaired) electrons. The maximum Gasteiger partial charge on any atom is 0.226 e. The standard InChI is InChI=1S/C7H6N6S/c1-3-6-5(8-4(2)14-6)7-9-11-12-13(7)10-3/h1-2H3. The molecule has 6 nitrogen and oxygen atoms in total. The predicted octanol–water partition coefficient (Wildman–Crippen LogP) is 0.746. The molecular weight excluding hydrogens is 200 g/mol. The Labute approximate surface area is 82.6 Å². The second kappa shape index (κ2) is 2.44. The van der Waals surface area contributed by atoms with Gasteiger partial charge >= 0.3 is 0 Å². The maximum atomic E-state index is 4.39. The Morgan fingerprint density at radius 3 is 3.00 bits per heavy atom. The molecule has 0 aliphatic rings. The van der Waals surface area contributed by atoms with Crippen LogP contribution in [-0.2, 0) is 0 Å². The van der Waals surface area contributed by atoms with Crippen molar-refractivity contribution in [1.82, 2.24) is 30.2 Å². The summed E-state index contributed by atoms with van der Waals surface area (Å²) < 4.78 is 2.47. The van der Waals surface area contributed by atoms with Crippen LogP contribution in [-0.4, -0.2) is 30.2 Å². The van der Waals surface area contributed by atoms with Crippen LogP contribution in [0.3, 0.4) is 0 Å². The molecule has 0 aromatic carbocycles. The lowest BCUT2D eigenvalue weighted by molar-refractivity contribution is 0.726. The van der Waals surface area contributed by atoms with Gasteiger partial charge in [0.25, 0.3) is 0 Å². The monoisotopic (exact) mass is 206 g/mol. The molecule has 3 rings (SSSR count). The van der Waals surface area contributed by atoms with Crippen LogP contribution in [0.2, 0.25) is 0 Å². The summed E-state index contributed by atoms with van der Waals surface area (Å²) in [6.07, 6.45) is 0. The summed E-state index contributed by atoms with van der Waals surface area (Å²) in [6.45, 7) is 3.89. The van der Waals surface area contributed by atoms with Crippen LogP contribution >= 0.6 is 11.3 Å². The van der Waals surface area contributed by atoms with Crippen molar-refractivity contribution in [3.63, 3.8) is 0 Å². The summed E-state index contributed by atoms with van der Waals surface area (Å²) in [4.78, 5) is 4.39. The Balaban J connectivity index is 2.65. The van der Waals surface area contributed by atoms with Gasteiger partial charge in [-0.3, -0.25) is 0 Å². The Morgan fingerprint density at radius 1 is 1.29 bits per heavy atom. The molecule has 0 spiro atoms. The first-order chi connectivity index (χ1) is 6.75. The Morgan fingerprint density at radius 2 is 2.14 bits per heavy atom. The van der Waals surface area contributed by atoms with Crippen molar-refractivity contribution >= 4 is 27.2 Å². The maximum absolute atomic E-state index is 4.39. The molecule has 0 amide bonds. The van der Waals surface area contributed by atoms with Crippen molar-refractivity contribution in [3.8, 4) is 0 Å². The minimum absolute atomic E-state index is 0.620. The van der Waals surface area contributed by atoms with Gasteiger partial charge in [-0.05, 0) is 24.3 Å². The number of rotatable bonds is 0. The van der Waals surface area contributed by atoms with E-state index >= 15 is 0 Å². The number of nitrogens with zero attached hydrogens (tertiary/aromatic N) is 6. The molecule has 7 heteroatoms. The first-order valence-electron chi connectivity index (χ1n) is 4.08. The van der Waals surface area contributed by atoms with Gasteiger partial charge in [0, 0.05) is 0 Å². The van der Waals surface area contributed by atoms with Crippen molar-refractivity contribution in [2.75, 3.05) is 0 Å². The van der Waals surface area contributed by atoms with Crippen molar-refractivity contribution in [2.45, 2.75) is 13.8 Å². The van der Waals surface area contributed by atoms with Crippen molar-refractivity contribution in [3.05, 3.63) is 10.7 Å². The van der Waals surface area contributed by atoms with Crippen molar-refractivity contribution in [1.29, 1.82) is 0 Å². The molecular formula is C7H6N6S. The van der Waals surface area contributed by atoms with E-state index in [0.29, 0.717) is 5.65 Å². The first-order valence-corrected chi connectivity index (χ1v) is 4.89. The number of fused-ring (bicyclic) bond motifs is 3. The average molecular weight is 206 g/mol. The average Bonchev–Trinajstić information content (AvgIpc) is 2.69. The topological polar surface area (TPSA) is 68.9 Å². The number of tetrazole rings is 1. The lowest BCUT2D eigenvalue weighted by Crippen LogP contribution is -1.97. The van der Waals surface area contributed by atoms with Gasteiger partial charge in [0.1, 0.15) is 5.52 Å². The number of aryl methyl sites for hydroxylation is 2. The van der Waals surface area contributed by atoms with Crippen LogP contribution in [0.1, 0.15) is 10.7 Å². The highest BCUT2D eigenvalue weighted by molar-refractivity contribution is 7.18.